The Labute approximate surface area is 76.3 Å². The van der Waals surface area contributed by atoms with Gasteiger partial charge >= 0.3 is 0 Å². The van der Waals surface area contributed by atoms with Crippen LogP contribution in [0.1, 0.15) is 5.69 Å². The molecule has 0 saturated heterocycles. The number of nitrogens with one attached hydrogen (secondary N) is 2. The van der Waals surface area contributed by atoms with Gasteiger partial charge in [0.25, 0.3) is 0 Å². The molecule has 68 valence electrons. The summed E-state index contributed by atoms with van der Waals surface area (Å²) in [6.45, 7) is 2.44. The Hall–Kier alpha value is -1.65. The number of rotatable bonds is 2. The van der Waals surface area contributed by atoms with Crippen molar-refractivity contribution in [1.29, 1.82) is 0 Å². The Kier molecular flexibility index (Phi) is 2.35. The second kappa shape index (κ2) is 3.84. The predicted molar refractivity (Wildman–Crippen MR) is 49.2 cm³/mol. The summed E-state index contributed by atoms with van der Waals surface area (Å²) in [5.74, 6) is 0.852. The van der Waals surface area contributed by atoms with Crippen LogP contribution in [0.25, 0.3) is 0 Å². The van der Waals surface area contributed by atoms with E-state index in [-0.39, 0.29) is 0 Å². The van der Waals surface area contributed by atoms with Gasteiger partial charge in [-0.05, 0) is 12.1 Å². The Morgan fingerprint density at radius 1 is 1.54 bits per heavy atom. The third-order valence-electron chi connectivity index (χ3n) is 1.74. The van der Waals surface area contributed by atoms with Crippen molar-refractivity contribution in [3.63, 3.8) is 0 Å². The fourth-order valence-electron chi connectivity index (χ4n) is 1.12. The molecule has 0 unspecified atom stereocenters. The van der Waals surface area contributed by atoms with E-state index in [1.165, 1.54) is 0 Å². The molecule has 0 bridgehead atoms. The molecule has 1 aliphatic rings. The van der Waals surface area contributed by atoms with E-state index in [0.717, 1.165) is 24.7 Å². The largest absolute Gasteiger partial charge is 0.355 e. The van der Waals surface area contributed by atoms with Crippen LogP contribution in [0.15, 0.2) is 23.3 Å². The molecular formula is C8H11N5. The van der Waals surface area contributed by atoms with Gasteiger partial charge in [-0.15, -0.1) is 0 Å². The molecule has 0 aliphatic carbocycles. The highest BCUT2D eigenvalue weighted by Gasteiger charge is 2.03. The third kappa shape index (κ3) is 2.14. The topological polar surface area (TPSA) is 62.2 Å². The van der Waals surface area contributed by atoms with Gasteiger partial charge in [-0.1, -0.05) is 0 Å². The SMILES string of the molecule is c1cnnc(CNC2=NCCN2)c1. The first kappa shape index (κ1) is 7.97. The number of nitrogens with zero attached hydrogens (tertiary/aromatic N) is 3. The van der Waals surface area contributed by atoms with Crippen LogP contribution in [-0.2, 0) is 6.54 Å². The molecule has 0 aromatic carbocycles. The van der Waals surface area contributed by atoms with Gasteiger partial charge in [-0.25, -0.2) is 0 Å². The smallest absolute Gasteiger partial charge is 0.191 e. The van der Waals surface area contributed by atoms with Crippen LogP contribution in [0, 0.1) is 0 Å². The van der Waals surface area contributed by atoms with E-state index in [1.54, 1.807) is 6.20 Å². The van der Waals surface area contributed by atoms with Crippen LogP contribution < -0.4 is 10.6 Å². The molecule has 5 heteroatoms. The van der Waals surface area contributed by atoms with Gasteiger partial charge in [0, 0.05) is 12.7 Å². The molecule has 2 N–H and O–H groups in total. The minimum atomic E-state index is 0.666. The van der Waals surface area contributed by atoms with Crippen molar-refractivity contribution in [3.8, 4) is 0 Å². The van der Waals surface area contributed by atoms with Gasteiger partial charge in [0.15, 0.2) is 5.96 Å². The second-order valence-electron chi connectivity index (χ2n) is 2.73. The van der Waals surface area contributed by atoms with E-state index in [0.29, 0.717) is 6.54 Å². The summed E-state index contributed by atoms with van der Waals surface area (Å²) in [5.41, 5.74) is 0.916. The Bertz CT molecular complexity index is 295. The van der Waals surface area contributed by atoms with Crippen molar-refractivity contribution in [3.05, 3.63) is 24.0 Å². The molecular weight excluding hydrogens is 166 g/mol. The molecule has 1 aromatic heterocycles. The lowest BCUT2D eigenvalue weighted by molar-refractivity contribution is 0.810. The van der Waals surface area contributed by atoms with Crippen molar-refractivity contribution in [1.82, 2.24) is 20.8 Å². The molecule has 5 nitrogen and oxygen atoms in total. The molecule has 0 atom stereocenters. The van der Waals surface area contributed by atoms with Crippen LogP contribution in [0.3, 0.4) is 0 Å². The summed E-state index contributed by atoms with van der Waals surface area (Å²) < 4.78 is 0. The van der Waals surface area contributed by atoms with Crippen LogP contribution in [-0.4, -0.2) is 29.2 Å². The zero-order chi connectivity index (χ0) is 8.93. The summed E-state index contributed by atoms with van der Waals surface area (Å²) in [7, 11) is 0. The van der Waals surface area contributed by atoms with Gasteiger partial charge < -0.3 is 10.6 Å². The molecule has 0 radical (unpaired) electrons. The van der Waals surface area contributed by atoms with Crippen molar-refractivity contribution in [2.45, 2.75) is 6.54 Å². The Balaban J connectivity index is 1.86. The summed E-state index contributed by atoms with van der Waals surface area (Å²) in [6.07, 6.45) is 1.66. The van der Waals surface area contributed by atoms with Crippen molar-refractivity contribution in [2.75, 3.05) is 13.1 Å². The number of guanidine groups is 1. The monoisotopic (exact) mass is 177 g/mol. The van der Waals surface area contributed by atoms with Gasteiger partial charge in [-0.2, -0.15) is 10.2 Å². The summed E-state index contributed by atoms with van der Waals surface area (Å²) >= 11 is 0. The maximum absolute atomic E-state index is 4.20. The fourth-order valence-corrected chi connectivity index (χ4v) is 1.12. The van der Waals surface area contributed by atoms with Crippen LogP contribution in [0.4, 0.5) is 0 Å². The van der Waals surface area contributed by atoms with E-state index >= 15 is 0 Å². The van der Waals surface area contributed by atoms with E-state index < -0.39 is 0 Å². The average Bonchev–Trinajstić information content (AvgIpc) is 2.69. The molecule has 1 aliphatic heterocycles. The summed E-state index contributed by atoms with van der Waals surface area (Å²) in [5, 5.41) is 14.0. The molecule has 1 aromatic rings. The first-order chi connectivity index (χ1) is 6.45. The van der Waals surface area contributed by atoms with Crippen LogP contribution >= 0.6 is 0 Å². The maximum Gasteiger partial charge on any atom is 0.191 e. The Morgan fingerprint density at radius 3 is 3.23 bits per heavy atom. The van der Waals surface area contributed by atoms with Gasteiger partial charge in [-0.3, -0.25) is 4.99 Å². The number of aromatic nitrogens is 2. The lowest BCUT2D eigenvalue weighted by atomic mass is 10.4. The molecule has 0 fully saturated rings. The van der Waals surface area contributed by atoms with E-state index in [1.807, 2.05) is 12.1 Å². The average molecular weight is 177 g/mol. The minimum absolute atomic E-state index is 0.666. The molecule has 13 heavy (non-hydrogen) atoms. The van der Waals surface area contributed by atoms with Crippen molar-refractivity contribution < 1.29 is 0 Å². The highest BCUT2D eigenvalue weighted by molar-refractivity contribution is 5.81. The van der Waals surface area contributed by atoms with Gasteiger partial charge in [0.1, 0.15) is 0 Å². The lowest BCUT2D eigenvalue weighted by Gasteiger charge is -2.04. The first-order valence-electron chi connectivity index (χ1n) is 4.24. The van der Waals surface area contributed by atoms with E-state index in [2.05, 4.69) is 25.8 Å². The molecule has 2 rings (SSSR count). The highest BCUT2D eigenvalue weighted by Crippen LogP contribution is 1.90. The number of hydrogen-bond donors (Lipinski definition) is 2. The maximum atomic E-state index is 4.20. The van der Waals surface area contributed by atoms with Crippen molar-refractivity contribution in [2.24, 2.45) is 4.99 Å². The van der Waals surface area contributed by atoms with Gasteiger partial charge in [0.05, 0.1) is 18.8 Å². The molecule has 2 heterocycles. The second-order valence-corrected chi connectivity index (χ2v) is 2.73. The van der Waals surface area contributed by atoms with Crippen molar-refractivity contribution >= 4 is 5.96 Å². The molecule has 0 amide bonds. The zero-order valence-electron chi connectivity index (χ0n) is 7.20. The van der Waals surface area contributed by atoms with Crippen LogP contribution in [0.5, 0.6) is 0 Å². The van der Waals surface area contributed by atoms with Gasteiger partial charge in [0.2, 0.25) is 0 Å². The molecule has 0 saturated carbocycles. The Morgan fingerprint density at radius 2 is 2.54 bits per heavy atom. The zero-order valence-corrected chi connectivity index (χ0v) is 7.20. The fraction of sp³-hybridized carbons (Fsp3) is 0.375. The number of hydrogen-bond acceptors (Lipinski definition) is 5. The molecule has 0 spiro atoms. The predicted octanol–water partition coefficient (Wildman–Crippen LogP) is -0.475. The first-order valence-corrected chi connectivity index (χ1v) is 4.24. The third-order valence-corrected chi connectivity index (χ3v) is 1.74. The van der Waals surface area contributed by atoms with E-state index in [9.17, 15) is 0 Å². The van der Waals surface area contributed by atoms with E-state index in [4.69, 9.17) is 0 Å². The lowest BCUT2D eigenvalue weighted by Crippen LogP contribution is -2.33. The quantitative estimate of drug-likeness (QED) is 0.641. The van der Waals surface area contributed by atoms with Crippen LogP contribution in [0.2, 0.25) is 0 Å². The number of aliphatic imine (C=N–C) groups is 1. The summed E-state index contributed by atoms with van der Waals surface area (Å²) in [4.78, 5) is 4.20. The highest BCUT2D eigenvalue weighted by atomic mass is 15.2. The minimum Gasteiger partial charge on any atom is -0.355 e. The summed E-state index contributed by atoms with van der Waals surface area (Å²) in [6, 6.07) is 3.80. The normalized spacial score (nSPS) is 14.9. The standard InChI is InChI=1S/C8H11N5/c1-2-7(13-12-3-1)6-11-8-9-4-5-10-8/h1-3H,4-6H2,(H2,9,10,11).